The van der Waals surface area contributed by atoms with Crippen molar-refractivity contribution in [2.45, 2.75) is 87.9 Å². The molecular formula is C46H58F2N6O5. The number of aliphatic hydroxyl groups is 1. The average Bonchev–Trinajstić information content (AvgIpc) is 3.47. The first-order valence-corrected chi connectivity index (χ1v) is 21.7. The lowest BCUT2D eigenvalue weighted by Crippen LogP contribution is -2.60. The van der Waals surface area contributed by atoms with Crippen molar-refractivity contribution in [3.63, 3.8) is 0 Å². The Kier molecular flexibility index (Phi) is 12.8. The lowest BCUT2D eigenvalue weighted by Gasteiger charge is -2.47. The number of hydrogen-bond donors (Lipinski definition) is 2. The van der Waals surface area contributed by atoms with E-state index in [0.29, 0.717) is 42.1 Å². The molecule has 0 unspecified atom stereocenters. The summed E-state index contributed by atoms with van der Waals surface area (Å²) >= 11 is 0. The summed E-state index contributed by atoms with van der Waals surface area (Å²) in [5.74, 6) is -3.65. The van der Waals surface area contributed by atoms with Crippen molar-refractivity contribution in [3.05, 3.63) is 101 Å². The summed E-state index contributed by atoms with van der Waals surface area (Å²) in [6, 6.07) is 20.7. The Bertz CT molecular complexity index is 1900. The summed E-state index contributed by atoms with van der Waals surface area (Å²) < 4.78 is 33.5. The van der Waals surface area contributed by atoms with E-state index in [1.165, 1.54) is 10.5 Å². The maximum atomic E-state index is 14.0. The van der Waals surface area contributed by atoms with E-state index in [-0.39, 0.29) is 61.9 Å². The molecule has 4 heterocycles. The van der Waals surface area contributed by atoms with Crippen LogP contribution in [0.25, 0.3) is 0 Å². The van der Waals surface area contributed by atoms with Crippen molar-refractivity contribution in [2.24, 2.45) is 11.8 Å². The summed E-state index contributed by atoms with van der Waals surface area (Å²) in [6.45, 7) is 7.35. The molecule has 1 aromatic heterocycles. The zero-order chi connectivity index (χ0) is 41.0. The summed E-state index contributed by atoms with van der Waals surface area (Å²) in [7, 11) is 0. The number of benzene rings is 2. The number of hydrogen-bond acceptors (Lipinski definition) is 9. The van der Waals surface area contributed by atoms with Gasteiger partial charge in [-0.1, -0.05) is 48.5 Å². The monoisotopic (exact) mass is 812 g/mol. The van der Waals surface area contributed by atoms with E-state index in [2.05, 4.69) is 26.1 Å². The van der Waals surface area contributed by atoms with Gasteiger partial charge in [0.05, 0.1) is 36.1 Å². The zero-order valence-electron chi connectivity index (χ0n) is 34.0. The number of halogens is 2. The molecule has 3 aromatic rings. The van der Waals surface area contributed by atoms with Gasteiger partial charge in [-0.25, -0.2) is 8.78 Å². The highest BCUT2D eigenvalue weighted by Gasteiger charge is 2.41. The minimum atomic E-state index is -2.74. The number of fused-ring (bicyclic) bond motifs is 2. The predicted octanol–water partition coefficient (Wildman–Crippen LogP) is 5.65. The van der Waals surface area contributed by atoms with Crippen LogP contribution in [0.2, 0.25) is 0 Å². The van der Waals surface area contributed by atoms with Crippen LogP contribution in [0.15, 0.2) is 72.9 Å². The summed E-state index contributed by atoms with van der Waals surface area (Å²) in [5.41, 5.74) is 2.30. The number of alkyl halides is 2. The number of amides is 3. The molecule has 0 radical (unpaired) electrons. The Labute approximate surface area is 346 Å². The molecule has 2 N–H and O–H groups in total. The Morgan fingerprint density at radius 2 is 1.66 bits per heavy atom. The number of nitrogens with zero attached hydrogens (tertiary/aromatic N) is 5. The Hall–Kier alpha value is -4.14. The van der Waals surface area contributed by atoms with Crippen LogP contribution in [-0.2, 0) is 21.7 Å². The van der Waals surface area contributed by atoms with Crippen LogP contribution in [0.3, 0.4) is 0 Å². The quantitative estimate of drug-likeness (QED) is 0.108. The molecule has 11 nitrogen and oxygen atoms in total. The zero-order valence-corrected chi connectivity index (χ0v) is 34.0. The average molecular weight is 813 g/mol. The molecule has 13 heteroatoms. The molecule has 1 saturated carbocycles. The standard InChI is InChI=1S/C46H58F2N6O5/c47-45(48)19-17-35(18-20-45)42(55)50-46(58,36-12-2-1-3-13-36)21-25-51-26-27-52(28-33-31-59-32-33)37(29-51)30-53(40-16-8-10-34-11-9-22-49-41(34)40)23-6-7-24-54-43(56)38-14-4-5-15-39(38)44(54)57/h1-5,9,11-15,22,33,35,37,40,58H,6-8,10,16-21,23-32H2,(H,50,55)/t37-,40+,46+/m1/s1. The minimum absolute atomic E-state index is 0.0969. The number of aryl methyl sites for hydroxylation is 1. The fourth-order valence-corrected chi connectivity index (χ4v) is 9.83. The molecule has 5 aliphatic rings. The van der Waals surface area contributed by atoms with Crippen LogP contribution in [0, 0.1) is 11.8 Å². The van der Waals surface area contributed by atoms with E-state index in [1.807, 2.05) is 30.5 Å². The molecule has 0 bridgehead atoms. The minimum Gasteiger partial charge on any atom is -0.381 e. The molecule has 3 atom stereocenters. The number of nitrogens with one attached hydrogen (secondary N) is 1. The lowest BCUT2D eigenvalue weighted by molar-refractivity contribution is -0.138. The Morgan fingerprint density at radius 3 is 2.37 bits per heavy atom. The molecule has 316 valence electrons. The number of rotatable bonds is 16. The molecule has 3 aliphatic heterocycles. The van der Waals surface area contributed by atoms with Crippen molar-refractivity contribution >= 4 is 17.7 Å². The van der Waals surface area contributed by atoms with Crippen molar-refractivity contribution in [1.82, 2.24) is 29.9 Å². The molecule has 3 amide bonds. The number of imide groups is 1. The third-order valence-electron chi connectivity index (χ3n) is 13.4. The van der Waals surface area contributed by atoms with Gasteiger partial charge in [-0.05, 0) is 75.3 Å². The second-order valence-electron chi connectivity index (χ2n) is 17.4. The van der Waals surface area contributed by atoms with Gasteiger partial charge in [0, 0.05) is 94.7 Å². The molecular weight excluding hydrogens is 755 g/mol. The molecule has 2 aliphatic carbocycles. The van der Waals surface area contributed by atoms with Crippen molar-refractivity contribution in [1.29, 1.82) is 0 Å². The highest BCUT2D eigenvalue weighted by molar-refractivity contribution is 6.21. The summed E-state index contributed by atoms with van der Waals surface area (Å²) in [5, 5.41) is 15.1. The molecule has 2 aromatic carbocycles. The van der Waals surface area contributed by atoms with Crippen LogP contribution < -0.4 is 5.32 Å². The fourth-order valence-electron chi connectivity index (χ4n) is 9.83. The maximum absolute atomic E-state index is 14.0. The maximum Gasteiger partial charge on any atom is 0.261 e. The van der Waals surface area contributed by atoms with Crippen LogP contribution in [0.5, 0.6) is 0 Å². The van der Waals surface area contributed by atoms with Gasteiger partial charge in [-0.3, -0.25) is 34.1 Å². The molecule has 0 spiro atoms. The van der Waals surface area contributed by atoms with Gasteiger partial charge in [-0.15, -0.1) is 0 Å². The second kappa shape index (κ2) is 18.2. The highest BCUT2D eigenvalue weighted by atomic mass is 19.3. The summed E-state index contributed by atoms with van der Waals surface area (Å²) in [4.78, 5) is 53.6. The van der Waals surface area contributed by atoms with Crippen LogP contribution in [0.4, 0.5) is 8.78 Å². The van der Waals surface area contributed by atoms with E-state index in [1.54, 1.807) is 36.4 Å². The number of pyridine rings is 1. The number of aromatic nitrogens is 1. The van der Waals surface area contributed by atoms with Gasteiger partial charge >= 0.3 is 0 Å². The molecule has 3 fully saturated rings. The lowest BCUT2D eigenvalue weighted by atomic mass is 9.85. The van der Waals surface area contributed by atoms with E-state index < -0.39 is 17.6 Å². The number of unbranched alkanes of at least 4 members (excludes halogenated alkanes) is 1. The van der Waals surface area contributed by atoms with Gasteiger partial charge in [0.2, 0.25) is 11.8 Å². The fraction of sp³-hybridized carbons (Fsp3) is 0.565. The SMILES string of the molecule is O=C(N[C@](O)(CCN1CCN(CC2COC2)[C@@H](CN(CCCCN2C(=O)c3ccccc3C2=O)[C@H]2CCCc3cccnc32)C1)c1ccccc1)C1CCC(F)(F)CC1. The smallest absolute Gasteiger partial charge is 0.261 e. The number of carbonyl (C=O) groups excluding carboxylic acids is 3. The van der Waals surface area contributed by atoms with Gasteiger partial charge in [0.1, 0.15) is 0 Å². The van der Waals surface area contributed by atoms with Gasteiger partial charge in [-0.2, -0.15) is 0 Å². The third kappa shape index (κ3) is 9.60. The van der Waals surface area contributed by atoms with Gasteiger partial charge < -0.3 is 20.1 Å². The van der Waals surface area contributed by atoms with Crippen LogP contribution >= 0.6 is 0 Å². The topological polar surface area (TPSA) is 119 Å². The largest absolute Gasteiger partial charge is 0.381 e. The van der Waals surface area contributed by atoms with Gasteiger partial charge in [0.25, 0.3) is 11.8 Å². The number of piperazine rings is 1. The van der Waals surface area contributed by atoms with Crippen LogP contribution in [-0.4, -0.2) is 125 Å². The molecule has 59 heavy (non-hydrogen) atoms. The third-order valence-corrected chi connectivity index (χ3v) is 13.4. The second-order valence-corrected chi connectivity index (χ2v) is 17.4. The normalized spacial score (nSPS) is 23.8. The number of ether oxygens (including phenoxy) is 1. The first kappa shape index (κ1) is 41.6. The van der Waals surface area contributed by atoms with E-state index in [4.69, 9.17) is 9.72 Å². The van der Waals surface area contributed by atoms with Gasteiger partial charge in [0.15, 0.2) is 5.72 Å². The van der Waals surface area contributed by atoms with Crippen molar-refractivity contribution in [2.75, 3.05) is 65.6 Å². The predicted molar refractivity (Wildman–Crippen MR) is 219 cm³/mol. The molecule has 2 saturated heterocycles. The Balaban J connectivity index is 0.970. The first-order chi connectivity index (χ1) is 28.6. The van der Waals surface area contributed by atoms with E-state index in [0.717, 1.165) is 83.9 Å². The first-order valence-electron chi connectivity index (χ1n) is 21.7. The van der Waals surface area contributed by atoms with Crippen molar-refractivity contribution < 1.29 is 33.0 Å². The number of carbonyl (C=O) groups is 3. The molecule has 8 rings (SSSR count). The van der Waals surface area contributed by atoms with E-state index >= 15 is 0 Å². The van der Waals surface area contributed by atoms with E-state index in [9.17, 15) is 28.3 Å². The van der Waals surface area contributed by atoms with Crippen LogP contribution in [0.1, 0.15) is 101 Å². The van der Waals surface area contributed by atoms with Crippen molar-refractivity contribution in [3.8, 4) is 0 Å². The highest BCUT2D eigenvalue weighted by Crippen LogP contribution is 2.38. The summed E-state index contributed by atoms with van der Waals surface area (Å²) in [6.07, 6.45) is 6.26. The Morgan fingerprint density at radius 1 is 0.932 bits per heavy atom.